The van der Waals surface area contributed by atoms with Crippen molar-refractivity contribution in [3.8, 4) is 22.7 Å². The van der Waals surface area contributed by atoms with E-state index < -0.39 is 6.61 Å². The van der Waals surface area contributed by atoms with Crippen LogP contribution >= 0.6 is 15.9 Å². The number of benzene rings is 3. The number of hydrogen-bond donors (Lipinski definition) is 1. The maximum absolute atomic E-state index is 12.5. The van der Waals surface area contributed by atoms with E-state index in [9.17, 15) is 13.6 Å². The van der Waals surface area contributed by atoms with Crippen LogP contribution in [0.5, 0.6) is 5.75 Å². The lowest BCUT2D eigenvalue weighted by Crippen LogP contribution is -2.17. The second kappa shape index (κ2) is 10.2. The van der Waals surface area contributed by atoms with Gasteiger partial charge in [0, 0.05) is 27.4 Å². The molecule has 0 atom stereocenters. The lowest BCUT2D eigenvalue weighted by Gasteiger charge is -2.05. The summed E-state index contributed by atoms with van der Waals surface area (Å²) in [6, 6.07) is 22.5. The van der Waals surface area contributed by atoms with Crippen molar-refractivity contribution in [3.05, 3.63) is 101 Å². The molecule has 9 heteroatoms. The normalized spacial score (nSPS) is 11.2. The monoisotopic (exact) mass is 510 g/mol. The minimum absolute atomic E-state index is 0.0493. The van der Waals surface area contributed by atoms with Gasteiger partial charge in [0.15, 0.2) is 0 Å². The first-order valence-corrected chi connectivity index (χ1v) is 10.6. The minimum Gasteiger partial charge on any atom is -0.435 e. The maximum Gasteiger partial charge on any atom is 0.387 e. The molecule has 0 aliphatic carbocycles. The van der Waals surface area contributed by atoms with Gasteiger partial charge in [-0.15, -0.1) is 0 Å². The second-order valence-electron chi connectivity index (χ2n) is 6.82. The molecule has 0 aliphatic rings. The number of carbonyl (C=O) groups excluding carboxylic acids is 1. The van der Waals surface area contributed by atoms with Crippen LogP contribution in [0.3, 0.4) is 0 Å². The van der Waals surface area contributed by atoms with E-state index in [2.05, 4.69) is 36.3 Å². The first-order chi connectivity index (χ1) is 16.0. The lowest BCUT2D eigenvalue weighted by molar-refractivity contribution is -0.0498. The topological polar surface area (TPSA) is 68.5 Å². The van der Waals surface area contributed by atoms with Crippen LogP contribution in [0.1, 0.15) is 15.9 Å². The maximum atomic E-state index is 12.5. The Morgan fingerprint density at radius 1 is 1.03 bits per heavy atom. The van der Waals surface area contributed by atoms with Crippen molar-refractivity contribution >= 4 is 28.1 Å². The lowest BCUT2D eigenvalue weighted by atomic mass is 10.1. The quantitative estimate of drug-likeness (QED) is 0.257. The largest absolute Gasteiger partial charge is 0.435 e. The molecule has 0 saturated heterocycles. The molecule has 1 amide bonds. The third kappa shape index (κ3) is 5.69. The number of amides is 1. The van der Waals surface area contributed by atoms with Crippen molar-refractivity contribution in [2.45, 2.75) is 6.61 Å². The van der Waals surface area contributed by atoms with Crippen molar-refractivity contribution in [2.75, 3.05) is 0 Å². The van der Waals surface area contributed by atoms with E-state index in [0.29, 0.717) is 22.4 Å². The van der Waals surface area contributed by atoms with Crippen LogP contribution in [-0.2, 0) is 0 Å². The highest BCUT2D eigenvalue weighted by Gasteiger charge is 2.13. The van der Waals surface area contributed by atoms with E-state index in [1.807, 2.05) is 30.3 Å². The summed E-state index contributed by atoms with van der Waals surface area (Å²) in [6.45, 7) is -2.90. The molecule has 3 aromatic carbocycles. The molecule has 0 radical (unpaired) electrons. The van der Waals surface area contributed by atoms with Gasteiger partial charge in [-0.3, -0.25) is 4.79 Å². The Labute approximate surface area is 196 Å². The number of nitrogens with zero attached hydrogens (tertiary/aromatic N) is 3. The summed E-state index contributed by atoms with van der Waals surface area (Å²) in [4.78, 5) is 12.3. The van der Waals surface area contributed by atoms with Gasteiger partial charge in [0.25, 0.3) is 5.91 Å². The summed E-state index contributed by atoms with van der Waals surface area (Å²) in [7, 11) is 0. The van der Waals surface area contributed by atoms with Crippen LogP contribution in [0.25, 0.3) is 16.9 Å². The van der Waals surface area contributed by atoms with Gasteiger partial charge in [-0.05, 0) is 60.7 Å². The molecule has 4 aromatic rings. The van der Waals surface area contributed by atoms with Crippen molar-refractivity contribution in [1.29, 1.82) is 0 Å². The first kappa shape index (κ1) is 22.3. The summed E-state index contributed by atoms with van der Waals surface area (Å²) in [5, 5.41) is 8.70. The second-order valence-corrected chi connectivity index (χ2v) is 7.74. The smallest absolute Gasteiger partial charge is 0.387 e. The molecule has 0 unspecified atom stereocenters. The Morgan fingerprint density at radius 3 is 2.39 bits per heavy atom. The fraction of sp³-hybridized carbons (Fsp3) is 0.0417. The van der Waals surface area contributed by atoms with E-state index in [0.717, 1.165) is 10.2 Å². The Balaban J connectivity index is 1.61. The first-order valence-electron chi connectivity index (χ1n) is 9.79. The zero-order valence-corrected chi connectivity index (χ0v) is 18.6. The van der Waals surface area contributed by atoms with Gasteiger partial charge in [-0.2, -0.15) is 19.0 Å². The Hall–Kier alpha value is -3.85. The van der Waals surface area contributed by atoms with Crippen LogP contribution in [0.2, 0.25) is 0 Å². The Kier molecular flexibility index (Phi) is 6.89. The number of hydrazone groups is 1. The zero-order valence-electron chi connectivity index (χ0n) is 17.0. The molecule has 0 aliphatic heterocycles. The third-order valence-corrected chi connectivity index (χ3v) is 5.12. The average Bonchev–Trinajstić information content (AvgIpc) is 3.24. The fourth-order valence-electron chi connectivity index (χ4n) is 3.04. The van der Waals surface area contributed by atoms with E-state index in [1.54, 1.807) is 47.3 Å². The van der Waals surface area contributed by atoms with Gasteiger partial charge in [-0.25, -0.2) is 10.1 Å². The molecule has 4 rings (SSSR count). The van der Waals surface area contributed by atoms with Crippen LogP contribution in [0, 0.1) is 0 Å². The highest BCUT2D eigenvalue weighted by molar-refractivity contribution is 9.10. The average molecular weight is 511 g/mol. The SMILES string of the molecule is O=C(N/N=C\c1cn(-c2ccccc2)nc1-c1ccc(OC(F)F)cc1)c1ccc(Br)cc1. The molecular formula is C24H17BrF2N4O2. The van der Waals surface area contributed by atoms with Crippen LogP contribution in [-0.4, -0.2) is 28.5 Å². The van der Waals surface area contributed by atoms with Gasteiger partial charge >= 0.3 is 6.61 Å². The Bertz CT molecular complexity index is 1260. The predicted octanol–water partition coefficient (Wildman–Crippen LogP) is 5.67. The summed E-state index contributed by atoms with van der Waals surface area (Å²) >= 11 is 3.33. The summed E-state index contributed by atoms with van der Waals surface area (Å²) in [6.07, 6.45) is 3.26. The van der Waals surface area contributed by atoms with Gasteiger partial charge in [0.2, 0.25) is 0 Å². The van der Waals surface area contributed by atoms with Gasteiger partial charge in [0.05, 0.1) is 11.9 Å². The van der Waals surface area contributed by atoms with Gasteiger partial charge in [-0.1, -0.05) is 34.1 Å². The van der Waals surface area contributed by atoms with Crippen molar-refractivity contribution in [3.63, 3.8) is 0 Å². The van der Waals surface area contributed by atoms with Crippen LogP contribution < -0.4 is 10.2 Å². The third-order valence-electron chi connectivity index (χ3n) is 4.59. The van der Waals surface area contributed by atoms with Crippen molar-refractivity contribution < 1.29 is 18.3 Å². The van der Waals surface area contributed by atoms with E-state index in [-0.39, 0.29) is 11.7 Å². The number of aromatic nitrogens is 2. The molecule has 0 spiro atoms. The molecule has 0 bridgehead atoms. The predicted molar refractivity (Wildman–Crippen MR) is 125 cm³/mol. The number of carbonyl (C=O) groups is 1. The summed E-state index contributed by atoms with van der Waals surface area (Å²) in [5.74, 6) is -0.308. The molecule has 1 N–H and O–H groups in total. The standard InChI is InChI=1S/C24H17BrF2N4O2/c25-19-10-6-17(7-11-19)23(32)29-28-14-18-15-31(20-4-2-1-3-5-20)30-22(18)16-8-12-21(13-9-16)33-24(26)27/h1-15,24H,(H,29,32)/b28-14-. The number of nitrogens with one attached hydrogen (secondary N) is 1. The van der Waals surface area contributed by atoms with Gasteiger partial charge < -0.3 is 4.74 Å². The van der Waals surface area contributed by atoms with E-state index in [1.165, 1.54) is 18.3 Å². The molecule has 1 heterocycles. The van der Waals surface area contributed by atoms with E-state index >= 15 is 0 Å². The molecular weight excluding hydrogens is 494 g/mol. The number of alkyl halides is 2. The highest BCUT2D eigenvalue weighted by Crippen LogP contribution is 2.25. The number of hydrogen-bond acceptors (Lipinski definition) is 4. The molecule has 33 heavy (non-hydrogen) atoms. The molecule has 1 aromatic heterocycles. The number of para-hydroxylation sites is 1. The van der Waals surface area contributed by atoms with Gasteiger partial charge in [0.1, 0.15) is 11.4 Å². The fourth-order valence-corrected chi connectivity index (χ4v) is 3.30. The number of ether oxygens (including phenoxy) is 1. The van der Waals surface area contributed by atoms with Crippen molar-refractivity contribution in [2.24, 2.45) is 5.10 Å². The van der Waals surface area contributed by atoms with Crippen LogP contribution in [0.4, 0.5) is 8.78 Å². The number of halogens is 3. The highest BCUT2D eigenvalue weighted by atomic mass is 79.9. The summed E-state index contributed by atoms with van der Waals surface area (Å²) < 4.78 is 31.9. The molecule has 166 valence electrons. The van der Waals surface area contributed by atoms with E-state index in [4.69, 9.17) is 0 Å². The Morgan fingerprint density at radius 2 is 1.73 bits per heavy atom. The zero-order chi connectivity index (χ0) is 23.2. The molecule has 6 nitrogen and oxygen atoms in total. The minimum atomic E-state index is -2.90. The molecule has 0 fully saturated rings. The van der Waals surface area contributed by atoms with Crippen molar-refractivity contribution in [1.82, 2.24) is 15.2 Å². The molecule has 0 saturated carbocycles. The van der Waals surface area contributed by atoms with Crippen LogP contribution in [0.15, 0.2) is 94.6 Å². The number of rotatable bonds is 7. The summed E-state index contributed by atoms with van der Waals surface area (Å²) in [5.41, 5.74) is 5.65.